The molecule has 20 heavy (non-hydrogen) atoms. The molecule has 102 valence electrons. The topological polar surface area (TPSA) is 55.1 Å². The molecule has 0 aromatic heterocycles. The first-order valence-corrected chi connectivity index (χ1v) is 7.43. The largest absolute Gasteiger partial charge is 0.397 e. The van der Waals surface area contributed by atoms with Gasteiger partial charge >= 0.3 is 0 Å². The molecule has 3 nitrogen and oxygen atoms in total. The summed E-state index contributed by atoms with van der Waals surface area (Å²) in [5.41, 5.74) is 9.50. The molecule has 1 aliphatic rings. The second kappa shape index (κ2) is 5.21. The number of thioether (sulfide) groups is 1. The van der Waals surface area contributed by atoms with Crippen molar-refractivity contribution in [2.45, 2.75) is 23.5 Å². The standard InChI is InChI=1S/C16H16N2OS/c1-10-5-4-7-12(17)15(10)18-16(19)14-9-11-6-2-3-8-13(11)20-14/h2-8,14H,9,17H2,1H3,(H,18,19). The zero-order valence-corrected chi connectivity index (χ0v) is 12.0. The number of aryl methyl sites for hydroxylation is 1. The summed E-state index contributed by atoms with van der Waals surface area (Å²) in [6, 6.07) is 13.8. The number of benzene rings is 2. The Morgan fingerprint density at radius 1 is 1.25 bits per heavy atom. The Bertz CT molecular complexity index is 624. The summed E-state index contributed by atoms with van der Waals surface area (Å²) < 4.78 is 0. The van der Waals surface area contributed by atoms with E-state index in [9.17, 15) is 4.79 Å². The number of nitrogens with two attached hydrogens (primary N) is 1. The van der Waals surface area contributed by atoms with Crippen molar-refractivity contribution in [3.05, 3.63) is 53.6 Å². The number of para-hydroxylation sites is 1. The van der Waals surface area contributed by atoms with Gasteiger partial charge in [-0.15, -0.1) is 11.8 Å². The van der Waals surface area contributed by atoms with Gasteiger partial charge < -0.3 is 11.1 Å². The second-order valence-electron chi connectivity index (χ2n) is 4.95. The van der Waals surface area contributed by atoms with Gasteiger partial charge in [-0.05, 0) is 36.6 Å². The van der Waals surface area contributed by atoms with Crippen molar-refractivity contribution < 1.29 is 4.79 Å². The number of fused-ring (bicyclic) bond motifs is 1. The fraction of sp³-hybridized carbons (Fsp3) is 0.188. The Morgan fingerprint density at radius 2 is 2.05 bits per heavy atom. The van der Waals surface area contributed by atoms with Crippen LogP contribution in [0.1, 0.15) is 11.1 Å². The lowest BCUT2D eigenvalue weighted by Crippen LogP contribution is -2.25. The van der Waals surface area contributed by atoms with E-state index in [0.717, 1.165) is 17.7 Å². The van der Waals surface area contributed by atoms with Gasteiger partial charge in [0.05, 0.1) is 16.6 Å². The second-order valence-corrected chi connectivity index (χ2v) is 6.19. The van der Waals surface area contributed by atoms with Gasteiger partial charge in [-0.1, -0.05) is 30.3 Å². The first-order valence-electron chi connectivity index (χ1n) is 6.55. The number of nitrogens with one attached hydrogen (secondary N) is 1. The van der Waals surface area contributed by atoms with Crippen LogP contribution in [0, 0.1) is 6.92 Å². The summed E-state index contributed by atoms with van der Waals surface area (Å²) in [5, 5.41) is 2.89. The van der Waals surface area contributed by atoms with Crippen molar-refractivity contribution in [2.75, 3.05) is 11.1 Å². The van der Waals surface area contributed by atoms with Gasteiger partial charge in [-0.3, -0.25) is 4.79 Å². The van der Waals surface area contributed by atoms with E-state index < -0.39 is 0 Å². The van der Waals surface area contributed by atoms with Crippen molar-refractivity contribution in [1.82, 2.24) is 0 Å². The molecule has 0 radical (unpaired) electrons. The van der Waals surface area contributed by atoms with E-state index in [-0.39, 0.29) is 11.2 Å². The monoisotopic (exact) mass is 284 g/mol. The highest BCUT2D eigenvalue weighted by atomic mass is 32.2. The zero-order chi connectivity index (χ0) is 14.1. The van der Waals surface area contributed by atoms with Crippen LogP contribution >= 0.6 is 11.8 Å². The predicted octanol–water partition coefficient (Wildman–Crippen LogP) is 3.23. The fourth-order valence-corrected chi connectivity index (χ4v) is 3.59. The Kier molecular flexibility index (Phi) is 3.40. The van der Waals surface area contributed by atoms with Crippen molar-refractivity contribution in [3.63, 3.8) is 0 Å². The predicted molar refractivity (Wildman–Crippen MR) is 84.0 cm³/mol. The number of hydrogen-bond donors (Lipinski definition) is 2. The molecule has 0 bridgehead atoms. The average Bonchev–Trinajstić information content (AvgIpc) is 2.87. The van der Waals surface area contributed by atoms with Crippen LogP contribution in [-0.2, 0) is 11.2 Å². The van der Waals surface area contributed by atoms with Crippen LogP contribution in [-0.4, -0.2) is 11.2 Å². The van der Waals surface area contributed by atoms with Gasteiger partial charge in [0.1, 0.15) is 0 Å². The summed E-state index contributed by atoms with van der Waals surface area (Å²) in [6.45, 7) is 1.95. The molecule has 0 aliphatic carbocycles. The van der Waals surface area contributed by atoms with E-state index in [1.807, 2.05) is 31.2 Å². The normalized spacial score (nSPS) is 16.8. The lowest BCUT2D eigenvalue weighted by atomic mass is 10.1. The minimum atomic E-state index is -0.0774. The van der Waals surface area contributed by atoms with Crippen LogP contribution in [0.2, 0.25) is 0 Å². The molecule has 0 spiro atoms. The number of hydrogen-bond acceptors (Lipinski definition) is 3. The van der Waals surface area contributed by atoms with Crippen molar-refractivity contribution in [3.8, 4) is 0 Å². The van der Waals surface area contributed by atoms with Gasteiger partial charge in [-0.2, -0.15) is 0 Å². The van der Waals surface area contributed by atoms with Crippen LogP contribution in [0.3, 0.4) is 0 Å². The number of amides is 1. The molecule has 1 aliphatic heterocycles. The molecule has 1 amide bonds. The summed E-state index contributed by atoms with van der Waals surface area (Å²) in [6.07, 6.45) is 0.776. The number of carbonyl (C=O) groups is 1. The van der Waals surface area contributed by atoms with Crippen molar-refractivity contribution in [2.24, 2.45) is 0 Å². The maximum atomic E-state index is 12.4. The Balaban J connectivity index is 1.76. The summed E-state index contributed by atoms with van der Waals surface area (Å²) >= 11 is 1.62. The molecule has 3 rings (SSSR count). The zero-order valence-electron chi connectivity index (χ0n) is 11.2. The molecule has 3 N–H and O–H groups in total. The molecule has 1 unspecified atom stereocenters. The van der Waals surface area contributed by atoms with Crippen LogP contribution < -0.4 is 11.1 Å². The molecule has 4 heteroatoms. The number of anilines is 2. The van der Waals surface area contributed by atoms with Crippen LogP contribution in [0.4, 0.5) is 11.4 Å². The van der Waals surface area contributed by atoms with E-state index in [1.165, 1.54) is 10.5 Å². The Labute approximate surface area is 122 Å². The van der Waals surface area contributed by atoms with Crippen molar-refractivity contribution in [1.29, 1.82) is 0 Å². The van der Waals surface area contributed by atoms with Gasteiger partial charge in [0.2, 0.25) is 5.91 Å². The quantitative estimate of drug-likeness (QED) is 0.832. The molecule has 0 fully saturated rings. The molecule has 0 saturated carbocycles. The third-order valence-corrected chi connectivity index (χ3v) is 4.81. The maximum absolute atomic E-state index is 12.4. The summed E-state index contributed by atoms with van der Waals surface area (Å²) in [5.74, 6) is 0.0206. The van der Waals surface area contributed by atoms with E-state index in [2.05, 4.69) is 17.4 Å². The van der Waals surface area contributed by atoms with Crippen molar-refractivity contribution >= 4 is 29.0 Å². The number of carbonyl (C=O) groups excluding carboxylic acids is 1. The lowest BCUT2D eigenvalue weighted by Gasteiger charge is -2.14. The Morgan fingerprint density at radius 3 is 2.80 bits per heavy atom. The smallest absolute Gasteiger partial charge is 0.238 e. The highest BCUT2D eigenvalue weighted by Crippen LogP contribution is 2.37. The van der Waals surface area contributed by atoms with Gasteiger partial charge in [0, 0.05) is 4.90 Å². The molecular weight excluding hydrogens is 268 g/mol. The van der Waals surface area contributed by atoms with E-state index in [0.29, 0.717) is 5.69 Å². The maximum Gasteiger partial charge on any atom is 0.238 e. The summed E-state index contributed by atoms with van der Waals surface area (Å²) in [4.78, 5) is 13.6. The molecule has 2 aromatic rings. The fourth-order valence-electron chi connectivity index (χ4n) is 2.39. The third kappa shape index (κ3) is 2.39. The van der Waals surface area contributed by atoms with E-state index in [4.69, 9.17) is 5.73 Å². The minimum Gasteiger partial charge on any atom is -0.397 e. The van der Waals surface area contributed by atoms with E-state index >= 15 is 0 Å². The lowest BCUT2D eigenvalue weighted by molar-refractivity contribution is -0.115. The first-order chi connectivity index (χ1) is 9.65. The SMILES string of the molecule is Cc1cccc(N)c1NC(=O)C1Cc2ccccc2S1. The average molecular weight is 284 g/mol. The van der Waals surface area contributed by atoms with Crippen LogP contribution in [0.25, 0.3) is 0 Å². The first kappa shape index (κ1) is 13.1. The van der Waals surface area contributed by atoms with Gasteiger partial charge in [0.25, 0.3) is 0 Å². The molecule has 2 aromatic carbocycles. The number of nitrogen functional groups attached to an aromatic ring is 1. The van der Waals surface area contributed by atoms with E-state index in [1.54, 1.807) is 17.8 Å². The third-order valence-electron chi connectivity index (χ3n) is 3.49. The minimum absolute atomic E-state index is 0.0206. The van der Waals surface area contributed by atoms with Gasteiger partial charge in [0.15, 0.2) is 0 Å². The van der Waals surface area contributed by atoms with Crippen LogP contribution in [0.5, 0.6) is 0 Å². The number of rotatable bonds is 2. The molecule has 0 saturated heterocycles. The highest BCUT2D eigenvalue weighted by Gasteiger charge is 2.28. The molecular formula is C16H16N2OS. The summed E-state index contributed by atoms with van der Waals surface area (Å²) in [7, 11) is 0. The molecule has 1 heterocycles. The molecule has 1 atom stereocenters. The highest BCUT2D eigenvalue weighted by molar-refractivity contribution is 8.01. The Hall–Kier alpha value is -1.94. The van der Waals surface area contributed by atoms with Gasteiger partial charge in [-0.25, -0.2) is 0 Å². The van der Waals surface area contributed by atoms with Crippen LogP contribution in [0.15, 0.2) is 47.4 Å².